The molecule has 0 aromatic heterocycles. The van der Waals surface area contributed by atoms with Crippen molar-refractivity contribution in [1.82, 2.24) is 0 Å². The molecule has 0 amide bonds. The molecule has 1 aromatic rings. The normalized spacial score (nSPS) is 12.1. The van der Waals surface area contributed by atoms with E-state index in [1.807, 2.05) is 26.0 Å². The molecule has 1 unspecified atom stereocenters. The van der Waals surface area contributed by atoms with Crippen LogP contribution in [0.1, 0.15) is 42.1 Å². The van der Waals surface area contributed by atoms with E-state index in [-0.39, 0.29) is 18.0 Å². The SMILES string of the molecule is CC(C)c1ccc(C(=O)CC(SCC(=O)O)C(=O)O)cc1. The molecule has 2 N–H and O–H groups in total. The maximum Gasteiger partial charge on any atom is 0.317 e. The van der Waals surface area contributed by atoms with Gasteiger partial charge in [0.05, 0.1) is 5.75 Å². The number of carbonyl (C=O) groups excluding carboxylic acids is 1. The van der Waals surface area contributed by atoms with E-state index in [0.717, 1.165) is 17.3 Å². The van der Waals surface area contributed by atoms with Gasteiger partial charge in [0.25, 0.3) is 0 Å². The summed E-state index contributed by atoms with van der Waals surface area (Å²) in [6.07, 6.45) is -0.214. The Morgan fingerprint density at radius 1 is 1.10 bits per heavy atom. The number of Topliss-reactive ketones (excluding diaryl/α,β-unsaturated/α-hetero) is 1. The minimum Gasteiger partial charge on any atom is -0.481 e. The molecule has 5 nitrogen and oxygen atoms in total. The van der Waals surface area contributed by atoms with Gasteiger partial charge in [-0.3, -0.25) is 14.4 Å². The third-order valence-electron chi connectivity index (χ3n) is 2.95. The van der Waals surface area contributed by atoms with Gasteiger partial charge in [0.15, 0.2) is 5.78 Å². The number of thioether (sulfide) groups is 1. The monoisotopic (exact) mass is 310 g/mol. The van der Waals surface area contributed by atoms with Gasteiger partial charge < -0.3 is 10.2 Å². The summed E-state index contributed by atoms with van der Waals surface area (Å²) in [7, 11) is 0. The molecule has 1 aromatic carbocycles. The van der Waals surface area contributed by atoms with E-state index in [4.69, 9.17) is 10.2 Å². The lowest BCUT2D eigenvalue weighted by Gasteiger charge is -2.11. The van der Waals surface area contributed by atoms with E-state index in [0.29, 0.717) is 11.5 Å². The summed E-state index contributed by atoms with van der Waals surface area (Å²) in [6.45, 7) is 4.08. The van der Waals surface area contributed by atoms with Crippen LogP contribution in [0.5, 0.6) is 0 Å². The average Bonchev–Trinajstić information content (AvgIpc) is 2.42. The van der Waals surface area contributed by atoms with Crippen molar-refractivity contribution in [3.05, 3.63) is 35.4 Å². The first kappa shape index (κ1) is 17.2. The Hall–Kier alpha value is -1.82. The molecular formula is C15H18O5S. The number of carboxylic acid groups (broad SMARTS) is 2. The number of benzene rings is 1. The van der Waals surface area contributed by atoms with Crippen molar-refractivity contribution in [3.63, 3.8) is 0 Å². The highest BCUT2D eigenvalue weighted by Gasteiger charge is 2.23. The van der Waals surface area contributed by atoms with Gasteiger partial charge in [-0.15, -0.1) is 11.8 Å². The van der Waals surface area contributed by atoms with Gasteiger partial charge in [0, 0.05) is 12.0 Å². The molecule has 0 bridgehead atoms. The zero-order chi connectivity index (χ0) is 16.0. The Balaban J connectivity index is 2.72. The summed E-state index contributed by atoms with van der Waals surface area (Å²) < 4.78 is 0. The third-order valence-corrected chi connectivity index (χ3v) is 4.14. The molecule has 1 rings (SSSR count). The summed E-state index contributed by atoms with van der Waals surface area (Å²) in [4.78, 5) is 33.6. The first-order valence-corrected chi connectivity index (χ1v) is 7.55. The number of hydrogen-bond acceptors (Lipinski definition) is 4. The number of aliphatic carboxylic acids is 2. The first-order valence-electron chi connectivity index (χ1n) is 6.50. The van der Waals surface area contributed by atoms with Crippen LogP contribution < -0.4 is 0 Å². The standard InChI is InChI=1S/C15H18O5S/c1-9(2)10-3-5-11(6-4-10)12(16)7-13(15(19)20)21-8-14(17)18/h3-6,9,13H,7-8H2,1-2H3,(H,17,18)(H,19,20). The fourth-order valence-electron chi connectivity index (χ4n) is 1.73. The summed E-state index contributed by atoms with van der Waals surface area (Å²) >= 11 is 0.749. The van der Waals surface area contributed by atoms with E-state index < -0.39 is 17.2 Å². The minimum absolute atomic E-state index is 0.214. The van der Waals surface area contributed by atoms with Crippen LogP contribution >= 0.6 is 11.8 Å². The molecule has 1 atom stereocenters. The average molecular weight is 310 g/mol. The van der Waals surface area contributed by atoms with Crippen molar-refractivity contribution >= 4 is 29.5 Å². The molecule has 6 heteroatoms. The van der Waals surface area contributed by atoms with Crippen molar-refractivity contribution in [2.24, 2.45) is 0 Å². The van der Waals surface area contributed by atoms with Crippen LogP contribution in [-0.2, 0) is 9.59 Å². The number of carbonyl (C=O) groups is 3. The zero-order valence-electron chi connectivity index (χ0n) is 11.9. The Bertz CT molecular complexity index is 521. The van der Waals surface area contributed by atoms with Crippen molar-refractivity contribution in [2.75, 3.05) is 5.75 Å². The van der Waals surface area contributed by atoms with Crippen molar-refractivity contribution in [2.45, 2.75) is 31.4 Å². The highest BCUT2D eigenvalue weighted by atomic mass is 32.2. The quantitative estimate of drug-likeness (QED) is 0.717. The number of rotatable bonds is 8. The van der Waals surface area contributed by atoms with Gasteiger partial charge >= 0.3 is 11.9 Å². The van der Waals surface area contributed by atoms with E-state index >= 15 is 0 Å². The van der Waals surface area contributed by atoms with Crippen LogP contribution in [0, 0.1) is 0 Å². The lowest BCUT2D eigenvalue weighted by atomic mass is 9.99. The Morgan fingerprint density at radius 2 is 1.67 bits per heavy atom. The maximum absolute atomic E-state index is 12.1. The largest absolute Gasteiger partial charge is 0.481 e. The van der Waals surface area contributed by atoms with E-state index in [2.05, 4.69) is 0 Å². The van der Waals surface area contributed by atoms with Gasteiger partial charge in [0.2, 0.25) is 0 Å². The van der Waals surface area contributed by atoms with Crippen molar-refractivity contribution < 1.29 is 24.6 Å². The van der Waals surface area contributed by atoms with Crippen LogP contribution in [0.25, 0.3) is 0 Å². The third kappa shape index (κ3) is 5.59. The Labute approximate surface area is 127 Å². The fraction of sp³-hybridized carbons (Fsp3) is 0.400. The molecule has 0 spiro atoms. The fourth-order valence-corrected chi connectivity index (χ4v) is 2.49. The van der Waals surface area contributed by atoms with Crippen LogP contribution in [0.4, 0.5) is 0 Å². The molecule has 114 valence electrons. The van der Waals surface area contributed by atoms with Gasteiger partial charge in [-0.25, -0.2) is 0 Å². The lowest BCUT2D eigenvalue weighted by molar-refractivity contribution is -0.136. The molecule has 0 aliphatic carbocycles. The second kappa shape index (κ2) is 7.83. The number of carboxylic acids is 2. The van der Waals surface area contributed by atoms with Crippen LogP contribution in [0.3, 0.4) is 0 Å². The molecule has 21 heavy (non-hydrogen) atoms. The molecular weight excluding hydrogens is 292 g/mol. The summed E-state index contributed by atoms with van der Waals surface area (Å²) in [6, 6.07) is 7.05. The summed E-state index contributed by atoms with van der Waals surface area (Å²) in [5, 5.41) is 16.6. The van der Waals surface area contributed by atoms with Crippen molar-refractivity contribution in [1.29, 1.82) is 0 Å². The molecule has 0 radical (unpaired) electrons. The molecule has 0 saturated carbocycles. The second-order valence-electron chi connectivity index (χ2n) is 4.94. The van der Waals surface area contributed by atoms with Gasteiger partial charge in [-0.1, -0.05) is 38.1 Å². The van der Waals surface area contributed by atoms with E-state index in [1.54, 1.807) is 12.1 Å². The number of hydrogen-bond donors (Lipinski definition) is 2. The van der Waals surface area contributed by atoms with E-state index in [9.17, 15) is 14.4 Å². The highest BCUT2D eigenvalue weighted by Crippen LogP contribution is 2.20. The summed E-state index contributed by atoms with van der Waals surface area (Å²) in [5.74, 6) is -2.55. The molecule has 0 aliphatic rings. The molecule has 0 heterocycles. The summed E-state index contributed by atoms with van der Waals surface area (Å²) in [5.41, 5.74) is 1.54. The molecule has 0 saturated heterocycles. The van der Waals surface area contributed by atoms with Crippen LogP contribution in [0.2, 0.25) is 0 Å². The predicted molar refractivity (Wildman–Crippen MR) is 81.0 cm³/mol. The topological polar surface area (TPSA) is 91.7 Å². The Kier molecular flexibility index (Phi) is 6.42. The van der Waals surface area contributed by atoms with Gasteiger partial charge in [-0.2, -0.15) is 0 Å². The molecule has 0 fully saturated rings. The van der Waals surface area contributed by atoms with Gasteiger partial charge in [0.1, 0.15) is 5.25 Å². The van der Waals surface area contributed by atoms with Crippen molar-refractivity contribution in [3.8, 4) is 0 Å². The van der Waals surface area contributed by atoms with Crippen LogP contribution in [0.15, 0.2) is 24.3 Å². The first-order chi connectivity index (χ1) is 9.81. The maximum atomic E-state index is 12.1. The zero-order valence-corrected chi connectivity index (χ0v) is 12.7. The van der Waals surface area contributed by atoms with Gasteiger partial charge in [-0.05, 0) is 11.5 Å². The van der Waals surface area contributed by atoms with Crippen LogP contribution in [-0.4, -0.2) is 38.9 Å². The van der Waals surface area contributed by atoms with E-state index in [1.165, 1.54) is 0 Å². The Morgan fingerprint density at radius 3 is 2.10 bits per heavy atom. The number of ketones is 1. The minimum atomic E-state index is -1.17. The predicted octanol–water partition coefficient (Wildman–Crippen LogP) is 2.65. The smallest absolute Gasteiger partial charge is 0.317 e. The highest BCUT2D eigenvalue weighted by molar-refractivity contribution is 8.01. The second-order valence-corrected chi connectivity index (χ2v) is 6.13. The molecule has 0 aliphatic heterocycles. The lowest BCUT2D eigenvalue weighted by Crippen LogP contribution is -2.22.